The molecule has 1 aromatic heterocycles. The molecule has 0 saturated heterocycles. The van der Waals surface area contributed by atoms with Crippen molar-refractivity contribution in [1.82, 2.24) is 9.78 Å². The Morgan fingerprint density at radius 3 is 2.21 bits per heavy atom. The second kappa shape index (κ2) is 7.76. The molecule has 0 aliphatic heterocycles. The molecule has 0 atom stereocenters. The molecule has 1 heterocycles. The number of rotatable bonds is 4. The van der Waals surface area contributed by atoms with Crippen molar-refractivity contribution < 1.29 is 4.79 Å². The van der Waals surface area contributed by atoms with E-state index in [9.17, 15) is 4.79 Å². The molecule has 4 nitrogen and oxygen atoms in total. The number of nitrogens with one attached hydrogen (secondary N) is 1. The zero-order chi connectivity index (χ0) is 20.4. The van der Waals surface area contributed by atoms with Crippen LogP contribution < -0.4 is 5.32 Å². The molecule has 144 valence electrons. The number of aryl methyl sites for hydroxylation is 2. The van der Waals surface area contributed by atoms with Crippen LogP contribution in [0.1, 0.15) is 27.2 Å². The minimum atomic E-state index is -0.155. The van der Waals surface area contributed by atoms with E-state index in [0.717, 1.165) is 33.8 Å². The van der Waals surface area contributed by atoms with Crippen LogP contribution in [-0.4, -0.2) is 15.7 Å². The third kappa shape index (κ3) is 3.69. The number of amides is 1. The number of anilines is 1. The van der Waals surface area contributed by atoms with Gasteiger partial charge in [0.1, 0.15) is 5.69 Å². The molecule has 1 amide bonds. The SMILES string of the molecule is Cc1ccc(C)c(NC(=O)c2c(-c3ccccc3)nn(-c3ccccc3)c2C)c1. The number of benzene rings is 3. The van der Waals surface area contributed by atoms with Gasteiger partial charge in [0.05, 0.1) is 16.9 Å². The molecule has 0 aliphatic carbocycles. The molecule has 4 aromatic rings. The molecule has 3 aromatic carbocycles. The summed E-state index contributed by atoms with van der Waals surface area (Å²) in [5.41, 5.74) is 6.85. The van der Waals surface area contributed by atoms with Gasteiger partial charge < -0.3 is 5.32 Å². The molecular formula is C25H23N3O. The lowest BCUT2D eigenvalue weighted by molar-refractivity contribution is 0.102. The summed E-state index contributed by atoms with van der Waals surface area (Å²) >= 11 is 0. The molecule has 0 bridgehead atoms. The number of carbonyl (C=O) groups is 1. The number of aromatic nitrogens is 2. The predicted octanol–water partition coefficient (Wildman–Crippen LogP) is 5.72. The van der Waals surface area contributed by atoms with Crippen molar-refractivity contribution in [3.05, 3.63) is 101 Å². The Balaban J connectivity index is 1.84. The molecule has 4 heteroatoms. The topological polar surface area (TPSA) is 46.9 Å². The Morgan fingerprint density at radius 2 is 1.52 bits per heavy atom. The van der Waals surface area contributed by atoms with Crippen LogP contribution in [0.3, 0.4) is 0 Å². The zero-order valence-corrected chi connectivity index (χ0v) is 16.8. The second-order valence-corrected chi connectivity index (χ2v) is 7.19. The van der Waals surface area contributed by atoms with Crippen molar-refractivity contribution in [2.75, 3.05) is 5.32 Å². The van der Waals surface area contributed by atoms with Gasteiger partial charge in [-0.05, 0) is 50.1 Å². The van der Waals surface area contributed by atoms with E-state index >= 15 is 0 Å². The third-order valence-electron chi connectivity index (χ3n) is 5.03. The quantitative estimate of drug-likeness (QED) is 0.492. The maximum atomic E-state index is 13.4. The first-order chi connectivity index (χ1) is 14.0. The predicted molar refractivity (Wildman–Crippen MR) is 118 cm³/mol. The molecule has 1 N–H and O–H groups in total. The number of nitrogens with zero attached hydrogens (tertiary/aromatic N) is 2. The number of para-hydroxylation sites is 1. The highest BCUT2D eigenvalue weighted by atomic mass is 16.1. The summed E-state index contributed by atoms with van der Waals surface area (Å²) in [6.07, 6.45) is 0. The van der Waals surface area contributed by atoms with Crippen molar-refractivity contribution in [1.29, 1.82) is 0 Å². The van der Waals surface area contributed by atoms with Crippen LogP contribution in [0, 0.1) is 20.8 Å². The number of carbonyl (C=O) groups excluding carboxylic acids is 1. The van der Waals surface area contributed by atoms with Gasteiger partial charge in [0.2, 0.25) is 0 Å². The lowest BCUT2D eigenvalue weighted by Gasteiger charge is -2.10. The molecule has 0 unspecified atom stereocenters. The molecule has 29 heavy (non-hydrogen) atoms. The molecule has 0 spiro atoms. The summed E-state index contributed by atoms with van der Waals surface area (Å²) in [6.45, 7) is 5.95. The minimum absolute atomic E-state index is 0.155. The van der Waals surface area contributed by atoms with Crippen LogP contribution in [0.4, 0.5) is 5.69 Å². The Kier molecular flexibility index (Phi) is 5.00. The van der Waals surface area contributed by atoms with Gasteiger partial charge in [-0.15, -0.1) is 0 Å². The molecule has 4 rings (SSSR count). The fourth-order valence-electron chi connectivity index (χ4n) is 3.45. The smallest absolute Gasteiger partial charge is 0.259 e. The first-order valence-electron chi connectivity index (χ1n) is 9.63. The minimum Gasteiger partial charge on any atom is -0.322 e. The monoisotopic (exact) mass is 381 g/mol. The Morgan fingerprint density at radius 1 is 0.862 bits per heavy atom. The van der Waals surface area contributed by atoms with Gasteiger partial charge in [-0.25, -0.2) is 4.68 Å². The fourth-order valence-corrected chi connectivity index (χ4v) is 3.45. The Labute approximate surface area is 170 Å². The summed E-state index contributed by atoms with van der Waals surface area (Å²) in [7, 11) is 0. The van der Waals surface area contributed by atoms with Crippen molar-refractivity contribution in [2.24, 2.45) is 0 Å². The second-order valence-electron chi connectivity index (χ2n) is 7.19. The summed E-state index contributed by atoms with van der Waals surface area (Å²) in [5, 5.41) is 7.90. The van der Waals surface area contributed by atoms with Crippen molar-refractivity contribution >= 4 is 11.6 Å². The van der Waals surface area contributed by atoms with Gasteiger partial charge in [0.25, 0.3) is 5.91 Å². The lowest BCUT2D eigenvalue weighted by Crippen LogP contribution is -2.15. The molecule has 0 fully saturated rings. The van der Waals surface area contributed by atoms with E-state index in [1.165, 1.54) is 0 Å². The summed E-state index contributed by atoms with van der Waals surface area (Å²) in [4.78, 5) is 13.4. The van der Waals surface area contributed by atoms with Crippen molar-refractivity contribution in [3.63, 3.8) is 0 Å². The molecular weight excluding hydrogens is 358 g/mol. The summed E-state index contributed by atoms with van der Waals surface area (Å²) in [6, 6.07) is 25.8. The normalized spacial score (nSPS) is 10.7. The number of hydrogen-bond acceptors (Lipinski definition) is 2. The van der Waals surface area contributed by atoms with E-state index in [4.69, 9.17) is 5.10 Å². The molecule has 0 radical (unpaired) electrons. The fraction of sp³-hybridized carbons (Fsp3) is 0.120. The highest BCUT2D eigenvalue weighted by Gasteiger charge is 2.23. The highest BCUT2D eigenvalue weighted by molar-refractivity contribution is 6.09. The lowest BCUT2D eigenvalue weighted by atomic mass is 10.0. The molecule has 0 aliphatic rings. The zero-order valence-electron chi connectivity index (χ0n) is 16.8. The van der Waals surface area contributed by atoms with Crippen LogP contribution >= 0.6 is 0 Å². The van der Waals surface area contributed by atoms with Crippen molar-refractivity contribution in [3.8, 4) is 16.9 Å². The van der Waals surface area contributed by atoms with E-state index in [2.05, 4.69) is 5.32 Å². The van der Waals surface area contributed by atoms with Crippen LogP contribution in [0.25, 0.3) is 16.9 Å². The van der Waals surface area contributed by atoms with E-state index in [-0.39, 0.29) is 5.91 Å². The first-order valence-corrected chi connectivity index (χ1v) is 9.63. The Hall–Kier alpha value is -3.66. The largest absolute Gasteiger partial charge is 0.322 e. The first kappa shape index (κ1) is 18.7. The van der Waals surface area contributed by atoms with E-state index in [1.54, 1.807) is 0 Å². The van der Waals surface area contributed by atoms with Gasteiger partial charge in [-0.3, -0.25) is 4.79 Å². The Bertz CT molecular complexity index is 1160. The van der Waals surface area contributed by atoms with Gasteiger partial charge >= 0.3 is 0 Å². The van der Waals surface area contributed by atoms with Gasteiger partial charge in [0, 0.05) is 11.3 Å². The molecule has 0 saturated carbocycles. The third-order valence-corrected chi connectivity index (χ3v) is 5.03. The van der Waals surface area contributed by atoms with Crippen LogP contribution in [0.15, 0.2) is 78.9 Å². The average Bonchev–Trinajstić information content (AvgIpc) is 3.09. The van der Waals surface area contributed by atoms with Gasteiger partial charge in [-0.1, -0.05) is 60.7 Å². The highest BCUT2D eigenvalue weighted by Crippen LogP contribution is 2.28. The average molecular weight is 381 g/mol. The van der Waals surface area contributed by atoms with Gasteiger partial charge in [-0.2, -0.15) is 5.10 Å². The van der Waals surface area contributed by atoms with Crippen molar-refractivity contribution in [2.45, 2.75) is 20.8 Å². The summed E-state index contributed by atoms with van der Waals surface area (Å²) < 4.78 is 1.83. The standard InChI is InChI=1S/C25H23N3O/c1-17-14-15-18(2)22(16-17)26-25(29)23-19(3)28(21-12-8-5-9-13-21)27-24(23)20-10-6-4-7-11-20/h4-16H,1-3H3,(H,26,29). The van der Waals surface area contributed by atoms with E-state index < -0.39 is 0 Å². The van der Waals surface area contributed by atoms with E-state index in [0.29, 0.717) is 11.3 Å². The summed E-state index contributed by atoms with van der Waals surface area (Å²) in [5.74, 6) is -0.155. The van der Waals surface area contributed by atoms with Gasteiger partial charge in [0.15, 0.2) is 0 Å². The maximum absolute atomic E-state index is 13.4. The maximum Gasteiger partial charge on any atom is 0.259 e. The van der Waals surface area contributed by atoms with E-state index in [1.807, 2.05) is 104 Å². The van der Waals surface area contributed by atoms with Crippen LogP contribution in [-0.2, 0) is 0 Å². The number of hydrogen-bond donors (Lipinski definition) is 1. The van der Waals surface area contributed by atoms with Crippen LogP contribution in [0.5, 0.6) is 0 Å². The van der Waals surface area contributed by atoms with Crippen LogP contribution in [0.2, 0.25) is 0 Å².